The van der Waals surface area contributed by atoms with E-state index in [1.54, 1.807) is 0 Å². The number of imidazole rings is 1. The summed E-state index contributed by atoms with van der Waals surface area (Å²) in [5, 5.41) is 10.0. The minimum absolute atomic E-state index is 0. The van der Waals surface area contributed by atoms with Gasteiger partial charge in [0.05, 0.1) is 0 Å². The minimum atomic E-state index is -4.99. The molecule has 1 aromatic heterocycles. The van der Waals surface area contributed by atoms with Crippen molar-refractivity contribution in [3.63, 3.8) is 0 Å². The zero-order valence-electron chi connectivity index (χ0n) is 7.23. The zero-order valence-corrected chi connectivity index (χ0v) is 10.4. The molecule has 72 valence electrons. The Hall–Kier alpha value is 0.101. The molecule has 0 fully saturated rings. The maximum Gasteiger partial charge on any atom is 1.00 e. The predicted molar refractivity (Wildman–Crippen MR) is 38.0 cm³/mol. The molecule has 0 saturated heterocycles. The fraction of sp³-hybridized carbons (Fsp3) is 0.250. The first-order chi connectivity index (χ1) is 5.88. The molecule has 0 unspecified atom stereocenters. The van der Waals surface area contributed by atoms with E-state index in [4.69, 9.17) is 0 Å². The second kappa shape index (κ2) is 5.26. The standard InChI is InChI=1S/C4H4BF3N3O2.K/c6-5(7,8)2-10-1-4(9-3-10)11(12)13;/h1,3H,2H2;/q-1;+1. The van der Waals surface area contributed by atoms with E-state index in [1.165, 1.54) is 0 Å². The molecule has 0 bridgehead atoms. The topological polar surface area (TPSA) is 61.0 Å². The van der Waals surface area contributed by atoms with Crippen LogP contribution >= 0.6 is 0 Å². The fourth-order valence-electron chi connectivity index (χ4n) is 0.781. The van der Waals surface area contributed by atoms with Crippen molar-refractivity contribution in [3.8, 4) is 0 Å². The number of nitrogens with zero attached hydrogens (tertiary/aromatic N) is 3. The largest absolute Gasteiger partial charge is 1.00 e. The summed E-state index contributed by atoms with van der Waals surface area (Å²) in [5.41, 5.74) is 0. The van der Waals surface area contributed by atoms with Crippen molar-refractivity contribution in [3.05, 3.63) is 22.6 Å². The number of hydrogen-bond acceptors (Lipinski definition) is 3. The van der Waals surface area contributed by atoms with E-state index in [1.807, 2.05) is 0 Å². The molecular weight excluding hydrogens is 229 g/mol. The predicted octanol–water partition coefficient (Wildman–Crippen LogP) is -1.82. The quantitative estimate of drug-likeness (QED) is 0.351. The van der Waals surface area contributed by atoms with Crippen molar-refractivity contribution >= 4 is 12.8 Å². The van der Waals surface area contributed by atoms with Gasteiger partial charge in [0, 0.05) is 0 Å². The van der Waals surface area contributed by atoms with Gasteiger partial charge in [-0.1, -0.05) is 0 Å². The Kier molecular flexibility index (Phi) is 5.30. The van der Waals surface area contributed by atoms with E-state index in [-0.39, 0.29) is 51.4 Å². The molecule has 0 atom stereocenters. The third-order valence-electron chi connectivity index (χ3n) is 1.22. The van der Waals surface area contributed by atoms with E-state index in [0.29, 0.717) is 4.57 Å². The first kappa shape index (κ1) is 14.1. The van der Waals surface area contributed by atoms with Crippen LogP contribution < -0.4 is 51.4 Å². The normalized spacial score (nSPS) is 10.8. The molecule has 0 aliphatic rings. The molecule has 5 nitrogen and oxygen atoms in total. The summed E-state index contributed by atoms with van der Waals surface area (Å²) in [5.74, 6) is -0.583. The van der Waals surface area contributed by atoms with Gasteiger partial charge in [-0.25, -0.2) is 0 Å². The Balaban J connectivity index is 0.00000169. The Bertz CT molecular complexity index is 328. The smallest absolute Gasteiger partial charge is 0.448 e. The molecule has 0 aromatic carbocycles. The summed E-state index contributed by atoms with van der Waals surface area (Å²) in [6.45, 7) is -4.99. The number of nitro groups is 1. The Labute approximate surface area is 119 Å². The van der Waals surface area contributed by atoms with Gasteiger partial charge in [-0.05, 0) is 16.4 Å². The van der Waals surface area contributed by atoms with Crippen LogP contribution in [0.15, 0.2) is 12.5 Å². The molecule has 1 rings (SSSR count). The molecule has 1 heterocycles. The SMILES string of the molecule is O=[N+]([O-])c1cn(C[B-](F)(F)F)cn1.[K+]. The van der Waals surface area contributed by atoms with Crippen molar-refractivity contribution in [1.29, 1.82) is 0 Å². The van der Waals surface area contributed by atoms with Crippen molar-refractivity contribution < 1.29 is 69.3 Å². The van der Waals surface area contributed by atoms with E-state index < -0.39 is 24.2 Å². The minimum Gasteiger partial charge on any atom is -0.448 e. The molecule has 0 saturated carbocycles. The molecular formula is C4H4BF3KN3O2. The number of hydrogen-bond donors (Lipinski definition) is 0. The summed E-state index contributed by atoms with van der Waals surface area (Å²) in [6, 6.07) is 0. The number of aromatic nitrogens is 2. The van der Waals surface area contributed by atoms with Crippen molar-refractivity contribution in [1.82, 2.24) is 9.55 Å². The molecule has 0 N–H and O–H groups in total. The summed E-state index contributed by atoms with van der Waals surface area (Å²) in [4.78, 5) is 12.4. The van der Waals surface area contributed by atoms with Crippen molar-refractivity contribution in [2.45, 2.75) is 6.44 Å². The molecule has 0 aliphatic carbocycles. The van der Waals surface area contributed by atoms with Crippen LogP contribution in [-0.4, -0.2) is 21.5 Å². The van der Waals surface area contributed by atoms with Crippen LogP contribution in [0.2, 0.25) is 0 Å². The van der Waals surface area contributed by atoms with Gasteiger partial charge in [0.1, 0.15) is 6.20 Å². The number of halogens is 3. The van der Waals surface area contributed by atoms with Crippen LogP contribution in [0, 0.1) is 10.1 Å². The van der Waals surface area contributed by atoms with E-state index >= 15 is 0 Å². The molecule has 1 aromatic rings. The number of rotatable bonds is 3. The van der Waals surface area contributed by atoms with Gasteiger partial charge in [0.2, 0.25) is 6.33 Å². The molecule has 10 heteroatoms. The third-order valence-corrected chi connectivity index (χ3v) is 1.22. The van der Waals surface area contributed by atoms with E-state index in [9.17, 15) is 23.1 Å². The maximum absolute atomic E-state index is 11.8. The van der Waals surface area contributed by atoms with Gasteiger partial charge in [-0.3, -0.25) is 0 Å². The van der Waals surface area contributed by atoms with Gasteiger partial charge >= 0.3 is 64.2 Å². The van der Waals surface area contributed by atoms with Crippen LogP contribution in [0.4, 0.5) is 18.8 Å². The van der Waals surface area contributed by atoms with Gasteiger partial charge in [-0.2, -0.15) is 0 Å². The Morgan fingerprint density at radius 1 is 1.57 bits per heavy atom. The second-order valence-electron chi connectivity index (χ2n) is 2.40. The van der Waals surface area contributed by atoms with Crippen LogP contribution in [0.3, 0.4) is 0 Å². The van der Waals surface area contributed by atoms with Gasteiger partial charge in [0.15, 0.2) is 0 Å². The van der Waals surface area contributed by atoms with Crippen molar-refractivity contribution in [2.75, 3.05) is 0 Å². The average molecular weight is 233 g/mol. The van der Waals surface area contributed by atoms with Crippen LogP contribution in [-0.2, 0) is 6.44 Å². The van der Waals surface area contributed by atoms with E-state index in [0.717, 1.165) is 12.5 Å². The Morgan fingerprint density at radius 3 is 2.50 bits per heavy atom. The maximum atomic E-state index is 11.8. The van der Waals surface area contributed by atoms with Gasteiger partial charge < -0.3 is 27.6 Å². The van der Waals surface area contributed by atoms with Crippen molar-refractivity contribution in [2.24, 2.45) is 0 Å². The summed E-state index contributed by atoms with van der Waals surface area (Å²) < 4.78 is 36.0. The van der Waals surface area contributed by atoms with Crippen LogP contribution in [0.25, 0.3) is 0 Å². The van der Waals surface area contributed by atoms with Gasteiger partial charge in [0.25, 0.3) is 0 Å². The Morgan fingerprint density at radius 2 is 2.14 bits per heavy atom. The molecule has 0 aliphatic heterocycles. The molecule has 0 radical (unpaired) electrons. The third kappa shape index (κ3) is 4.55. The summed E-state index contributed by atoms with van der Waals surface area (Å²) in [7, 11) is 0. The molecule has 14 heavy (non-hydrogen) atoms. The first-order valence-corrected chi connectivity index (χ1v) is 3.25. The average Bonchev–Trinajstić information content (AvgIpc) is 2.31. The summed E-state index contributed by atoms with van der Waals surface area (Å²) >= 11 is 0. The van der Waals surface area contributed by atoms with Crippen LogP contribution in [0.5, 0.6) is 0 Å². The zero-order chi connectivity index (χ0) is 10.1. The fourth-order valence-corrected chi connectivity index (χ4v) is 0.781. The molecule has 0 spiro atoms. The second-order valence-corrected chi connectivity index (χ2v) is 2.40. The summed E-state index contributed by atoms with van der Waals surface area (Å²) in [6.07, 6.45) is 0.323. The molecule has 0 amide bonds. The van der Waals surface area contributed by atoms with E-state index in [2.05, 4.69) is 4.98 Å². The van der Waals surface area contributed by atoms with Gasteiger partial charge in [-0.15, -0.1) is 0 Å². The monoisotopic (exact) mass is 233 g/mol. The first-order valence-electron chi connectivity index (χ1n) is 3.25. The van der Waals surface area contributed by atoms with Crippen LogP contribution in [0.1, 0.15) is 0 Å².